The molecule has 1 saturated heterocycles. The van der Waals surface area contributed by atoms with Gasteiger partial charge in [-0.1, -0.05) is 13.8 Å². The minimum atomic E-state index is 0.206. The molecule has 2 atom stereocenters. The molecule has 2 nitrogen and oxygen atoms in total. The highest BCUT2D eigenvalue weighted by Crippen LogP contribution is 2.21. The van der Waals surface area contributed by atoms with E-state index < -0.39 is 0 Å². The van der Waals surface area contributed by atoms with Gasteiger partial charge in [-0.2, -0.15) is 0 Å². The summed E-state index contributed by atoms with van der Waals surface area (Å²) >= 11 is 1.79. The van der Waals surface area contributed by atoms with E-state index in [0.29, 0.717) is 6.04 Å². The van der Waals surface area contributed by atoms with Crippen molar-refractivity contribution in [2.24, 2.45) is 0 Å². The van der Waals surface area contributed by atoms with Crippen molar-refractivity contribution in [1.82, 2.24) is 5.32 Å². The van der Waals surface area contributed by atoms with Crippen LogP contribution in [0.15, 0.2) is 0 Å². The van der Waals surface area contributed by atoms with Crippen LogP contribution in [0.1, 0.15) is 26.7 Å². The first-order valence-electron chi connectivity index (χ1n) is 4.19. The van der Waals surface area contributed by atoms with Gasteiger partial charge in [-0.25, -0.2) is 0 Å². The van der Waals surface area contributed by atoms with Gasteiger partial charge in [0, 0.05) is 11.8 Å². The van der Waals surface area contributed by atoms with Crippen molar-refractivity contribution in [3.8, 4) is 0 Å². The lowest BCUT2D eigenvalue weighted by atomic mass is 10.2. The summed E-state index contributed by atoms with van der Waals surface area (Å²) in [6, 6.07) is 0.412. The predicted octanol–water partition coefficient (Wildman–Crippen LogP) is 1.41. The summed E-state index contributed by atoms with van der Waals surface area (Å²) in [6.07, 6.45) is 2.00. The zero-order chi connectivity index (χ0) is 8.27. The van der Waals surface area contributed by atoms with Crippen molar-refractivity contribution >= 4 is 17.7 Å². The van der Waals surface area contributed by atoms with Gasteiger partial charge in [0.15, 0.2) is 0 Å². The van der Waals surface area contributed by atoms with Crippen molar-refractivity contribution < 1.29 is 4.79 Å². The second-order valence-corrected chi connectivity index (χ2v) is 4.08. The molecule has 0 aromatic carbocycles. The lowest BCUT2D eigenvalue weighted by Gasteiger charge is -2.27. The maximum Gasteiger partial charge on any atom is 0.233 e. The third-order valence-corrected chi connectivity index (χ3v) is 3.55. The first kappa shape index (κ1) is 8.91. The van der Waals surface area contributed by atoms with Gasteiger partial charge in [0.1, 0.15) is 0 Å². The third kappa shape index (κ3) is 2.12. The Morgan fingerprint density at radius 1 is 1.55 bits per heavy atom. The first-order chi connectivity index (χ1) is 5.27. The zero-order valence-electron chi connectivity index (χ0n) is 7.09. The van der Waals surface area contributed by atoms with Gasteiger partial charge in [-0.05, 0) is 12.8 Å². The fourth-order valence-electron chi connectivity index (χ4n) is 1.17. The Morgan fingerprint density at radius 3 is 2.73 bits per heavy atom. The van der Waals surface area contributed by atoms with E-state index >= 15 is 0 Å². The molecule has 0 unspecified atom stereocenters. The number of hydrogen-bond donors (Lipinski definition) is 1. The monoisotopic (exact) mass is 173 g/mol. The van der Waals surface area contributed by atoms with Crippen LogP contribution < -0.4 is 5.32 Å². The summed E-state index contributed by atoms with van der Waals surface area (Å²) < 4.78 is 0. The molecule has 0 aliphatic carbocycles. The molecule has 11 heavy (non-hydrogen) atoms. The fourth-order valence-corrected chi connectivity index (χ4v) is 2.41. The van der Waals surface area contributed by atoms with Gasteiger partial charge in [-0.3, -0.25) is 4.79 Å². The molecule has 1 N–H and O–H groups in total. The number of carbonyl (C=O) groups is 1. The molecule has 64 valence electrons. The highest BCUT2D eigenvalue weighted by molar-refractivity contribution is 8.00. The Morgan fingerprint density at radius 2 is 2.27 bits per heavy atom. The van der Waals surface area contributed by atoms with E-state index in [-0.39, 0.29) is 11.2 Å². The first-order valence-corrected chi connectivity index (χ1v) is 5.24. The SMILES string of the molecule is CC[C@@H]1CS[C@H](CC)C(=O)N1. The molecule has 3 heteroatoms. The molecule has 0 saturated carbocycles. The zero-order valence-corrected chi connectivity index (χ0v) is 7.91. The topological polar surface area (TPSA) is 29.1 Å². The summed E-state index contributed by atoms with van der Waals surface area (Å²) in [5.41, 5.74) is 0. The standard InChI is InChI=1S/C8H15NOS/c1-3-6-5-11-7(4-2)8(10)9-6/h6-7H,3-5H2,1-2H3,(H,9,10)/t6-,7-/m1/s1. The Kier molecular flexibility index (Phi) is 3.24. The van der Waals surface area contributed by atoms with Crippen molar-refractivity contribution in [2.75, 3.05) is 5.75 Å². The number of hydrogen-bond acceptors (Lipinski definition) is 2. The van der Waals surface area contributed by atoms with Crippen molar-refractivity contribution in [3.63, 3.8) is 0 Å². The van der Waals surface area contributed by atoms with Gasteiger partial charge in [0.2, 0.25) is 5.91 Å². The van der Waals surface area contributed by atoms with Crippen LogP contribution >= 0.6 is 11.8 Å². The minimum absolute atomic E-state index is 0.206. The van der Waals surface area contributed by atoms with Crippen LogP contribution in [0.3, 0.4) is 0 Å². The second kappa shape index (κ2) is 4.00. The van der Waals surface area contributed by atoms with Gasteiger partial charge >= 0.3 is 0 Å². The van der Waals surface area contributed by atoms with Crippen molar-refractivity contribution in [3.05, 3.63) is 0 Å². The molecule has 0 bridgehead atoms. The lowest BCUT2D eigenvalue weighted by Crippen LogP contribution is -2.46. The molecule has 1 amide bonds. The van der Waals surface area contributed by atoms with Crippen LogP contribution in [0.25, 0.3) is 0 Å². The van der Waals surface area contributed by atoms with Crippen LogP contribution in [0.4, 0.5) is 0 Å². The lowest BCUT2D eigenvalue weighted by molar-refractivity contribution is -0.121. The molecule has 0 aromatic rings. The maximum absolute atomic E-state index is 11.3. The van der Waals surface area contributed by atoms with E-state index in [9.17, 15) is 4.79 Å². The van der Waals surface area contributed by atoms with E-state index in [4.69, 9.17) is 0 Å². The van der Waals surface area contributed by atoms with Crippen LogP contribution in [-0.2, 0) is 4.79 Å². The van der Waals surface area contributed by atoms with E-state index in [2.05, 4.69) is 19.2 Å². The third-order valence-electron chi connectivity index (χ3n) is 2.00. The second-order valence-electron chi connectivity index (χ2n) is 2.84. The summed E-state index contributed by atoms with van der Waals surface area (Å²) in [5.74, 6) is 1.32. The Balaban J connectivity index is 2.41. The molecule has 1 heterocycles. The van der Waals surface area contributed by atoms with Crippen molar-refractivity contribution in [2.45, 2.75) is 38.0 Å². The normalized spacial score (nSPS) is 31.6. The van der Waals surface area contributed by atoms with Crippen LogP contribution in [0.5, 0.6) is 0 Å². The molecule has 0 aromatic heterocycles. The fraction of sp³-hybridized carbons (Fsp3) is 0.875. The van der Waals surface area contributed by atoms with E-state index in [1.807, 2.05) is 0 Å². The van der Waals surface area contributed by atoms with E-state index in [1.54, 1.807) is 11.8 Å². The van der Waals surface area contributed by atoms with Gasteiger partial charge in [0.25, 0.3) is 0 Å². The Bertz CT molecular complexity index is 149. The van der Waals surface area contributed by atoms with E-state index in [0.717, 1.165) is 18.6 Å². The molecule has 0 spiro atoms. The number of carbonyl (C=O) groups excluding carboxylic acids is 1. The van der Waals surface area contributed by atoms with Gasteiger partial charge < -0.3 is 5.32 Å². The highest BCUT2D eigenvalue weighted by atomic mass is 32.2. The smallest absolute Gasteiger partial charge is 0.233 e. The molecular formula is C8H15NOS. The highest BCUT2D eigenvalue weighted by Gasteiger charge is 2.25. The summed E-state index contributed by atoms with van der Waals surface area (Å²) in [6.45, 7) is 4.17. The van der Waals surface area contributed by atoms with E-state index in [1.165, 1.54) is 0 Å². The largest absolute Gasteiger partial charge is 0.352 e. The van der Waals surface area contributed by atoms with Gasteiger partial charge in [-0.15, -0.1) is 11.8 Å². The number of thioether (sulfide) groups is 1. The molecule has 1 rings (SSSR count). The number of rotatable bonds is 2. The Hall–Kier alpha value is -0.180. The van der Waals surface area contributed by atoms with Gasteiger partial charge in [0.05, 0.1) is 5.25 Å². The summed E-state index contributed by atoms with van der Waals surface area (Å²) in [7, 11) is 0. The molecular weight excluding hydrogens is 158 g/mol. The average Bonchev–Trinajstić information content (AvgIpc) is 2.04. The summed E-state index contributed by atoms with van der Waals surface area (Å²) in [5, 5.41) is 3.21. The molecule has 1 fully saturated rings. The molecule has 1 aliphatic heterocycles. The quantitative estimate of drug-likeness (QED) is 0.684. The molecule has 1 aliphatic rings. The van der Waals surface area contributed by atoms with Crippen LogP contribution in [0.2, 0.25) is 0 Å². The van der Waals surface area contributed by atoms with Crippen LogP contribution in [0, 0.1) is 0 Å². The van der Waals surface area contributed by atoms with Crippen LogP contribution in [-0.4, -0.2) is 23.0 Å². The number of nitrogens with one attached hydrogen (secondary N) is 1. The number of amides is 1. The average molecular weight is 173 g/mol. The predicted molar refractivity (Wildman–Crippen MR) is 48.8 cm³/mol. The van der Waals surface area contributed by atoms with Crippen molar-refractivity contribution in [1.29, 1.82) is 0 Å². The minimum Gasteiger partial charge on any atom is -0.352 e. The summed E-state index contributed by atoms with van der Waals surface area (Å²) in [4.78, 5) is 11.3. The Labute approximate surface area is 72.1 Å². The maximum atomic E-state index is 11.3. The molecule has 0 radical (unpaired) electrons.